The van der Waals surface area contributed by atoms with Gasteiger partial charge in [-0.15, -0.1) is 0 Å². The average molecular weight is 466 g/mol. The minimum atomic E-state index is -0.101. The Hall–Kier alpha value is -2.57. The van der Waals surface area contributed by atoms with Crippen LogP contribution in [0.1, 0.15) is 30.4 Å². The van der Waals surface area contributed by atoms with Crippen LogP contribution < -0.4 is 9.64 Å². The number of para-hydroxylation sites is 2. The Morgan fingerprint density at radius 1 is 0.971 bits per heavy atom. The van der Waals surface area contributed by atoms with Crippen molar-refractivity contribution in [3.63, 3.8) is 0 Å². The van der Waals surface area contributed by atoms with E-state index in [9.17, 15) is 4.79 Å². The van der Waals surface area contributed by atoms with Gasteiger partial charge in [0.2, 0.25) is 0 Å². The Morgan fingerprint density at radius 2 is 1.71 bits per heavy atom. The second-order valence-corrected chi connectivity index (χ2v) is 9.59. The fraction of sp³-hybridized carbons (Fsp3) is 0.536. The Balaban J connectivity index is 1.40. The van der Waals surface area contributed by atoms with E-state index in [1.807, 2.05) is 12.1 Å². The van der Waals surface area contributed by atoms with Crippen LogP contribution in [0, 0.1) is 12.8 Å². The van der Waals surface area contributed by atoms with Crippen molar-refractivity contribution in [2.75, 3.05) is 58.4 Å². The number of carbonyl (C=O) groups is 1. The molecule has 0 N–H and O–H groups in total. The zero-order chi connectivity index (χ0) is 23.9. The molecule has 0 saturated carbocycles. The number of benzene rings is 2. The third kappa shape index (κ3) is 5.91. The summed E-state index contributed by atoms with van der Waals surface area (Å²) in [4.78, 5) is 19.6. The van der Waals surface area contributed by atoms with Crippen LogP contribution in [0.25, 0.3) is 0 Å². The zero-order valence-electron chi connectivity index (χ0n) is 20.9. The minimum absolute atomic E-state index is 0.101. The molecule has 0 aliphatic carbocycles. The molecule has 2 heterocycles. The standard InChI is InChI=1S/C28H39N3O3/c1-22-8-4-5-9-23(22)20-29-15-14-25(24(21-29)12-13-28(32)34-3)30-16-18-31(19-17-30)26-10-6-7-11-27(26)33-2/h4-11,24-25H,12-21H2,1-3H3/t24-,25+/m0/s1. The summed E-state index contributed by atoms with van der Waals surface area (Å²) in [7, 11) is 3.23. The number of aryl methyl sites for hydroxylation is 1. The van der Waals surface area contributed by atoms with Crippen LogP contribution in [-0.2, 0) is 16.1 Å². The molecule has 2 aliphatic heterocycles. The van der Waals surface area contributed by atoms with E-state index in [0.717, 1.165) is 64.4 Å². The van der Waals surface area contributed by atoms with E-state index >= 15 is 0 Å². The number of piperazine rings is 1. The number of hydrogen-bond acceptors (Lipinski definition) is 6. The van der Waals surface area contributed by atoms with Gasteiger partial charge in [0, 0.05) is 51.7 Å². The number of piperidine rings is 1. The second kappa shape index (κ2) is 11.7. The molecule has 0 radical (unpaired) electrons. The quantitative estimate of drug-likeness (QED) is 0.550. The lowest BCUT2D eigenvalue weighted by atomic mass is 9.86. The molecule has 0 spiro atoms. The van der Waals surface area contributed by atoms with E-state index in [1.165, 1.54) is 23.9 Å². The van der Waals surface area contributed by atoms with Gasteiger partial charge < -0.3 is 14.4 Å². The molecule has 0 bridgehead atoms. The average Bonchev–Trinajstić information content (AvgIpc) is 2.89. The lowest BCUT2D eigenvalue weighted by molar-refractivity contribution is -0.141. The van der Waals surface area contributed by atoms with Crippen LogP contribution >= 0.6 is 0 Å². The van der Waals surface area contributed by atoms with Gasteiger partial charge in [-0.1, -0.05) is 36.4 Å². The highest BCUT2D eigenvalue weighted by atomic mass is 16.5. The van der Waals surface area contributed by atoms with Gasteiger partial charge in [-0.3, -0.25) is 14.6 Å². The fourth-order valence-corrected chi connectivity index (χ4v) is 5.62. The number of nitrogens with zero attached hydrogens (tertiary/aromatic N) is 3. The van der Waals surface area contributed by atoms with Crippen LogP contribution in [0.5, 0.6) is 5.75 Å². The summed E-state index contributed by atoms with van der Waals surface area (Å²) >= 11 is 0. The van der Waals surface area contributed by atoms with E-state index in [-0.39, 0.29) is 5.97 Å². The first-order valence-electron chi connectivity index (χ1n) is 12.5. The van der Waals surface area contributed by atoms with Gasteiger partial charge in [-0.25, -0.2) is 0 Å². The Labute approximate surface area is 204 Å². The number of carbonyl (C=O) groups excluding carboxylic acids is 1. The van der Waals surface area contributed by atoms with Crippen molar-refractivity contribution in [3.8, 4) is 5.75 Å². The third-order valence-corrected chi connectivity index (χ3v) is 7.59. The van der Waals surface area contributed by atoms with Crippen molar-refractivity contribution in [1.29, 1.82) is 0 Å². The molecule has 2 aromatic carbocycles. The van der Waals surface area contributed by atoms with Crippen LogP contribution in [0.3, 0.4) is 0 Å². The molecule has 2 aromatic rings. The molecule has 0 aromatic heterocycles. The summed E-state index contributed by atoms with van der Waals surface area (Å²) in [6.07, 6.45) is 2.53. The highest BCUT2D eigenvalue weighted by Gasteiger charge is 2.35. The van der Waals surface area contributed by atoms with Crippen LogP contribution in [0.15, 0.2) is 48.5 Å². The number of rotatable bonds is 8. The normalized spacial score (nSPS) is 21.9. The maximum absolute atomic E-state index is 11.9. The number of methoxy groups -OCH3 is 2. The largest absolute Gasteiger partial charge is 0.495 e. The van der Waals surface area contributed by atoms with Crippen molar-refractivity contribution >= 4 is 11.7 Å². The number of ether oxygens (including phenoxy) is 2. The molecule has 34 heavy (non-hydrogen) atoms. The number of likely N-dealkylation sites (tertiary alicyclic amines) is 1. The van der Waals surface area contributed by atoms with Gasteiger partial charge in [-0.2, -0.15) is 0 Å². The summed E-state index contributed by atoms with van der Waals surface area (Å²) < 4.78 is 10.5. The Bertz CT molecular complexity index is 942. The molecule has 2 fully saturated rings. The molecular weight excluding hydrogens is 426 g/mol. The first-order chi connectivity index (χ1) is 16.6. The SMILES string of the molecule is COC(=O)CC[C@H]1CN(Cc2ccccc2C)CC[C@H]1N1CCN(c2ccccc2OC)CC1. The van der Waals surface area contributed by atoms with Crippen molar-refractivity contribution in [1.82, 2.24) is 9.80 Å². The monoisotopic (exact) mass is 465 g/mol. The first-order valence-corrected chi connectivity index (χ1v) is 12.5. The summed E-state index contributed by atoms with van der Waals surface area (Å²) in [5, 5.41) is 0. The Kier molecular flexibility index (Phi) is 8.46. The molecule has 0 amide bonds. The molecule has 4 rings (SSSR count). The number of hydrogen-bond donors (Lipinski definition) is 0. The van der Waals surface area contributed by atoms with Crippen molar-refractivity contribution in [2.24, 2.45) is 5.92 Å². The lowest BCUT2D eigenvalue weighted by Crippen LogP contribution is -2.56. The first kappa shape index (κ1) is 24.6. The highest BCUT2D eigenvalue weighted by Crippen LogP contribution is 2.32. The Morgan fingerprint density at radius 3 is 2.44 bits per heavy atom. The molecule has 6 nitrogen and oxygen atoms in total. The predicted molar refractivity (Wildman–Crippen MR) is 136 cm³/mol. The van der Waals surface area contributed by atoms with Crippen molar-refractivity contribution in [2.45, 2.75) is 38.8 Å². The zero-order valence-corrected chi connectivity index (χ0v) is 20.9. The molecule has 2 aliphatic rings. The van der Waals surface area contributed by atoms with E-state index in [0.29, 0.717) is 18.4 Å². The van der Waals surface area contributed by atoms with E-state index in [4.69, 9.17) is 9.47 Å². The smallest absolute Gasteiger partial charge is 0.305 e. The maximum Gasteiger partial charge on any atom is 0.305 e. The molecule has 0 unspecified atom stereocenters. The van der Waals surface area contributed by atoms with Crippen LogP contribution in [0.2, 0.25) is 0 Å². The predicted octanol–water partition coefficient (Wildman–Crippen LogP) is 3.97. The van der Waals surface area contributed by atoms with Gasteiger partial charge in [0.15, 0.2) is 0 Å². The van der Waals surface area contributed by atoms with E-state index < -0.39 is 0 Å². The van der Waals surface area contributed by atoms with E-state index in [2.05, 4.69) is 58.0 Å². The molecule has 184 valence electrons. The number of anilines is 1. The second-order valence-electron chi connectivity index (χ2n) is 9.59. The molecule has 6 heteroatoms. The molecular formula is C28H39N3O3. The summed E-state index contributed by atoms with van der Waals surface area (Å²) in [6.45, 7) is 9.36. The van der Waals surface area contributed by atoms with Crippen molar-refractivity contribution < 1.29 is 14.3 Å². The van der Waals surface area contributed by atoms with Gasteiger partial charge in [0.25, 0.3) is 0 Å². The number of esters is 1. The van der Waals surface area contributed by atoms with Crippen molar-refractivity contribution in [3.05, 3.63) is 59.7 Å². The summed E-state index contributed by atoms with van der Waals surface area (Å²) in [5.41, 5.74) is 3.93. The fourth-order valence-electron chi connectivity index (χ4n) is 5.62. The van der Waals surface area contributed by atoms with Gasteiger partial charge in [0.05, 0.1) is 19.9 Å². The highest BCUT2D eigenvalue weighted by molar-refractivity contribution is 5.69. The summed E-state index contributed by atoms with van der Waals surface area (Å²) in [5.74, 6) is 1.31. The topological polar surface area (TPSA) is 45.2 Å². The minimum Gasteiger partial charge on any atom is -0.495 e. The van der Waals surface area contributed by atoms with Gasteiger partial charge in [0.1, 0.15) is 5.75 Å². The molecule has 2 atom stereocenters. The summed E-state index contributed by atoms with van der Waals surface area (Å²) in [6, 6.07) is 17.5. The maximum atomic E-state index is 11.9. The van der Waals surface area contributed by atoms with Crippen LogP contribution in [0.4, 0.5) is 5.69 Å². The third-order valence-electron chi connectivity index (χ3n) is 7.59. The van der Waals surface area contributed by atoms with Gasteiger partial charge in [-0.05, 0) is 55.5 Å². The molecule has 2 saturated heterocycles. The van der Waals surface area contributed by atoms with Crippen LogP contribution in [-0.4, -0.2) is 75.3 Å². The van der Waals surface area contributed by atoms with E-state index in [1.54, 1.807) is 7.11 Å². The lowest BCUT2D eigenvalue weighted by Gasteiger charge is -2.47. The van der Waals surface area contributed by atoms with Gasteiger partial charge >= 0.3 is 5.97 Å².